The van der Waals surface area contributed by atoms with Gasteiger partial charge in [-0.2, -0.15) is 0 Å². The maximum atomic E-state index is 12.3. The Kier molecular flexibility index (Phi) is 22.9. The minimum atomic E-state index is -2.68. The van der Waals surface area contributed by atoms with Gasteiger partial charge < -0.3 is 18.6 Å². The highest BCUT2D eigenvalue weighted by molar-refractivity contribution is 6.60. The Morgan fingerprint density at radius 1 is 0.636 bits per heavy atom. The molecule has 0 rings (SSSR count). The first-order valence-electron chi connectivity index (χ1n) is 14.7. The SMILES string of the molecule is [2H]N(CCC[Si](OCC)(OCC)OCC)C(=O)CCCCCCCCCCCCCCCCC. The van der Waals surface area contributed by atoms with Crippen LogP contribution in [0.1, 0.15) is 137 Å². The Bertz CT molecular complexity index is 439. The first kappa shape index (κ1) is 30.6. The Labute approximate surface area is 208 Å². The number of hydrogen-bond donors (Lipinski definition) is 1. The summed E-state index contributed by atoms with van der Waals surface area (Å²) in [5.74, 6) is -0.0776. The molecule has 0 saturated heterocycles. The van der Waals surface area contributed by atoms with E-state index in [0.29, 0.717) is 45.3 Å². The number of unbranched alkanes of at least 4 members (excludes halogenated alkanes) is 14. The lowest BCUT2D eigenvalue weighted by Gasteiger charge is -2.28. The molecule has 0 aromatic heterocycles. The van der Waals surface area contributed by atoms with Crippen molar-refractivity contribution in [2.75, 3.05) is 26.4 Å². The molecule has 1 amide bonds. The second-order valence-corrected chi connectivity index (χ2v) is 11.8. The van der Waals surface area contributed by atoms with Crippen LogP contribution in [0.25, 0.3) is 0 Å². The van der Waals surface area contributed by atoms with Gasteiger partial charge in [0, 0.05) is 38.8 Å². The molecule has 0 aromatic carbocycles. The molecule has 0 aromatic rings. The van der Waals surface area contributed by atoms with Crippen molar-refractivity contribution in [2.45, 2.75) is 143 Å². The Balaban J connectivity index is 3.69. The molecule has 0 spiro atoms. The minimum Gasteiger partial charge on any atom is -0.374 e. The van der Waals surface area contributed by atoms with Gasteiger partial charge in [-0.05, 0) is 33.6 Å². The van der Waals surface area contributed by atoms with Crippen molar-refractivity contribution in [3.8, 4) is 0 Å². The molecule has 1 N–H and O–H groups in total. The van der Waals surface area contributed by atoms with Gasteiger partial charge in [0.15, 0.2) is 1.41 Å². The van der Waals surface area contributed by atoms with Crippen molar-refractivity contribution in [2.24, 2.45) is 0 Å². The molecule has 0 aliphatic carbocycles. The maximum Gasteiger partial charge on any atom is 0.500 e. The van der Waals surface area contributed by atoms with E-state index < -0.39 is 8.80 Å². The zero-order chi connectivity index (χ0) is 25.3. The molecule has 33 heavy (non-hydrogen) atoms. The summed E-state index contributed by atoms with van der Waals surface area (Å²) < 4.78 is 25.6. The van der Waals surface area contributed by atoms with Crippen LogP contribution < -0.4 is 5.31 Å². The van der Waals surface area contributed by atoms with Crippen LogP contribution in [0, 0.1) is 0 Å². The van der Waals surface area contributed by atoms with E-state index in [-0.39, 0.29) is 5.91 Å². The normalized spacial score (nSPS) is 12.2. The molecule has 0 unspecified atom stereocenters. The zero-order valence-electron chi connectivity index (χ0n) is 23.6. The quantitative estimate of drug-likeness (QED) is 0.0996. The fourth-order valence-corrected chi connectivity index (χ4v) is 6.82. The lowest BCUT2D eigenvalue weighted by Crippen LogP contribution is -2.46. The van der Waals surface area contributed by atoms with E-state index in [0.717, 1.165) is 18.2 Å². The number of amides is 1. The van der Waals surface area contributed by atoms with Gasteiger partial charge in [-0.1, -0.05) is 96.8 Å². The van der Waals surface area contributed by atoms with E-state index in [9.17, 15) is 4.79 Å². The smallest absolute Gasteiger partial charge is 0.374 e. The second kappa shape index (κ2) is 24.7. The minimum absolute atomic E-state index is 0.0776. The van der Waals surface area contributed by atoms with Gasteiger partial charge in [0.2, 0.25) is 5.91 Å². The fraction of sp³-hybridized carbons (Fsp3) is 0.963. The summed E-state index contributed by atoms with van der Waals surface area (Å²) in [7, 11) is -2.68. The lowest BCUT2D eigenvalue weighted by atomic mass is 10.0. The molecule has 0 aliphatic rings. The van der Waals surface area contributed by atoms with Gasteiger partial charge in [0.1, 0.15) is 0 Å². The maximum absolute atomic E-state index is 12.3. The molecule has 0 bridgehead atoms. The summed E-state index contributed by atoms with van der Waals surface area (Å²) in [6.45, 7) is 10.2. The van der Waals surface area contributed by atoms with E-state index in [1.807, 2.05) is 20.8 Å². The molecule has 0 heterocycles. The van der Waals surface area contributed by atoms with Crippen molar-refractivity contribution in [3.05, 3.63) is 0 Å². The van der Waals surface area contributed by atoms with Crippen LogP contribution in [0.3, 0.4) is 0 Å². The summed E-state index contributed by atoms with van der Waals surface area (Å²) in [5, 5.41) is 1.12. The van der Waals surface area contributed by atoms with Gasteiger partial charge in [0.25, 0.3) is 0 Å². The predicted octanol–water partition coefficient (Wildman–Crippen LogP) is 7.80. The van der Waals surface area contributed by atoms with Gasteiger partial charge in [-0.25, -0.2) is 0 Å². The number of carbonyl (C=O) groups is 1. The summed E-state index contributed by atoms with van der Waals surface area (Å²) in [6.07, 6.45) is 20.9. The van der Waals surface area contributed by atoms with E-state index in [2.05, 4.69) is 6.92 Å². The highest BCUT2D eigenvalue weighted by Gasteiger charge is 2.39. The number of carbonyl (C=O) groups excluding carboxylic acids is 1. The molecule has 0 radical (unpaired) electrons. The van der Waals surface area contributed by atoms with E-state index in [1.54, 1.807) is 0 Å². The Hall–Kier alpha value is -0.433. The van der Waals surface area contributed by atoms with Crippen LogP contribution >= 0.6 is 0 Å². The predicted molar refractivity (Wildman–Crippen MR) is 143 cm³/mol. The zero-order valence-corrected chi connectivity index (χ0v) is 23.6. The topological polar surface area (TPSA) is 56.8 Å². The van der Waals surface area contributed by atoms with Crippen LogP contribution in [-0.4, -0.2) is 41.1 Å². The van der Waals surface area contributed by atoms with Crippen LogP contribution in [0.4, 0.5) is 0 Å². The number of hydrogen-bond acceptors (Lipinski definition) is 4. The fourth-order valence-electron chi connectivity index (χ4n) is 4.23. The number of nitrogens with one attached hydrogen (secondary N) is 1. The monoisotopic (exact) mass is 488 g/mol. The molecule has 0 atom stereocenters. The van der Waals surface area contributed by atoms with Crippen molar-refractivity contribution in [1.29, 1.82) is 0 Å². The molecule has 0 fully saturated rings. The van der Waals surface area contributed by atoms with Crippen molar-refractivity contribution in [1.82, 2.24) is 5.31 Å². The van der Waals surface area contributed by atoms with Crippen LogP contribution in [-0.2, 0) is 18.1 Å². The third kappa shape index (κ3) is 20.6. The van der Waals surface area contributed by atoms with Gasteiger partial charge in [0.05, 0.1) is 0 Å². The summed E-state index contributed by atoms with van der Waals surface area (Å²) >= 11 is 0. The average Bonchev–Trinajstić information content (AvgIpc) is 2.82. The number of rotatable bonds is 26. The molecule has 0 saturated carbocycles. The first-order chi connectivity index (χ1) is 16.5. The Morgan fingerprint density at radius 3 is 1.42 bits per heavy atom. The molecular formula is C27H57NO4Si. The van der Waals surface area contributed by atoms with Crippen molar-refractivity contribution >= 4 is 14.7 Å². The average molecular weight is 489 g/mol. The molecule has 0 aliphatic heterocycles. The summed E-state index contributed by atoms with van der Waals surface area (Å²) in [6, 6.07) is 0.643. The second-order valence-electron chi connectivity index (χ2n) is 9.06. The molecule has 6 heteroatoms. The summed E-state index contributed by atoms with van der Waals surface area (Å²) in [4.78, 5) is 12.3. The van der Waals surface area contributed by atoms with Crippen molar-refractivity contribution < 1.29 is 19.5 Å². The van der Waals surface area contributed by atoms with E-state index >= 15 is 0 Å². The highest BCUT2D eigenvalue weighted by Crippen LogP contribution is 2.18. The molecule has 198 valence electrons. The van der Waals surface area contributed by atoms with E-state index in [4.69, 9.17) is 14.7 Å². The summed E-state index contributed by atoms with van der Waals surface area (Å²) in [5.41, 5.74) is 0. The Morgan fingerprint density at radius 2 is 1.03 bits per heavy atom. The van der Waals surface area contributed by atoms with Crippen LogP contribution in [0.15, 0.2) is 0 Å². The molecule has 5 nitrogen and oxygen atoms in total. The third-order valence-electron chi connectivity index (χ3n) is 6.02. The van der Waals surface area contributed by atoms with Gasteiger partial charge in [-0.15, -0.1) is 0 Å². The highest BCUT2D eigenvalue weighted by atomic mass is 28.4. The standard InChI is InChI=1S/C27H57NO4Si/c1-5-9-10-11-12-13-14-15-16-17-18-19-20-21-22-24-27(29)28-25-23-26-33(30-6-2,31-7-3)32-8-4/h5-26H2,1-4H3,(H,28,29)/i/hD. The van der Waals surface area contributed by atoms with Gasteiger partial charge in [-0.3, -0.25) is 4.79 Å². The van der Waals surface area contributed by atoms with Gasteiger partial charge >= 0.3 is 8.80 Å². The molecular weight excluding hydrogens is 430 g/mol. The van der Waals surface area contributed by atoms with Crippen LogP contribution in [0.2, 0.25) is 7.46 Å². The third-order valence-corrected chi connectivity index (χ3v) is 9.17. The first-order valence-corrected chi connectivity index (χ1v) is 16.2. The largest absolute Gasteiger partial charge is 0.500 e. The van der Waals surface area contributed by atoms with Crippen LogP contribution in [0.5, 0.6) is 0 Å². The lowest BCUT2D eigenvalue weighted by molar-refractivity contribution is -0.121. The van der Waals surface area contributed by atoms with Crippen molar-refractivity contribution in [3.63, 3.8) is 0 Å². The van der Waals surface area contributed by atoms with E-state index in [1.165, 1.54) is 83.5 Å².